The molecule has 3 nitrogen and oxygen atoms in total. The fourth-order valence-corrected chi connectivity index (χ4v) is 2.97. The number of benzene rings is 1. The highest BCUT2D eigenvalue weighted by Crippen LogP contribution is 2.28. The van der Waals surface area contributed by atoms with Gasteiger partial charge in [-0.1, -0.05) is 13.0 Å². The van der Waals surface area contributed by atoms with Crippen LogP contribution in [0.15, 0.2) is 35.7 Å². The number of rotatable bonds is 3. The van der Waals surface area contributed by atoms with E-state index in [1.54, 1.807) is 11.3 Å². The van der Waals surface area contributed by atoms with Crippen molar-refractivity contribution in [2.24, 2.45) is 0 Å². The smallest absolute Gasteiger partial charge is 0.151 e. The van der Waals surface area contributed by atoms with E-state index in [4.69, 9.17) is 10.2 Å². The van der Waals surface area contributed by atoms with E-state index in [9.17, 15) is 0 Å². The molecule has 0 radical (unpaired) electrons. The normalized spacial score (nSPS) is 10.7. The van der Waals surface area contributed by atoms with E-state index in [-0.39, 0.29) is 0 Å². The third-order valence-corrected chi connectivity index (χ3v) is 3.93. The average molecular weight is 267 g/mol. The summed E-state index contributed by atoms with van der Waals surface area (Å²) in [5, 5.41) is 11.0. The second-order valence-corrected chi connectivity index (χ2v) is 5.33. The highest BCUT2D eigenvalue weighted by atomic mass is 32.1. The van der Waals surface area contributed by atoms with Gasteiger partial charge in [-0.2, -0.15) is 5.26 Å². The molecule has 3 rings (SSSR count). The molecule has 0 N–H and O–H groups in total. The van der Waals surface area contributed by atoms with Gasteiger partial charge in [-0.15, -0.1) is 11.3 Å². The number of aromatic nitrogens is 2. The van der Waals surface area contributed by atoms with Gasteiger partial charge in [0.25, 0.3) is 0 Å². The van der Waals surface area contributed by atoms with Crippen molar-refractivity contribution >= 4 is 22.4 Å². The van der Waals surface area contributed by atoms with Crippen molar-refractivity contribution < 1.29 is 0 Å². The summed E-state index contributed by atoms with van der Waals surface area (Å²) in [7, 11) is 0. The Bertz CT molecular complexity index is 748. The number of thiophene rings is 1. The first kappa shape index (κ1) is 11.9. The van der Waals surface area contributed by atoms with Gasteiger partial charge in [0, 0.05) is 6.54 Å². The molecule has 0 spiro atoms. The number of aryl methyl sites for hydroxylation is 1. The van der Waals surface area contributed by atoms with Gasteiger partial charge in [0.2, 0.25) is 0 Å². The molecule has 0 aliphatic rings. The van der Waals surface area contributed by atoms with E-state index in [0.29, 0.717) is 5.56 Å². The van der Waals surface area contributed by atoms with Crippen LogP contribution in [-0.2, 0) is 6.54 Å². The zero-order valence-electron chi connectivity index (χ0n) is 10.6. The molecule has 0 saturated heterocycles. The standard InChI is InChI=1S/C15H13N3S/c1-2-7-18-13-6-5-11(10-16)9-12(13)17-15(18)14-4-3-8-19-14/h3-6,8-9H,2,7H2,1H3. The largest absolute Gasteiger partial charge is 0.323 e. The molecule has 0 aliphatic carbocycles. The van der Waals surface area contributed by atoms with Crippen LogP contribution in [-0.4, -0.2) is 9.55 Å². The SMILES string of the molecule is CCCn1c(-c2cccs2)nc2cc(C#N)ccc21. The highest BCUT2D eigenvalue weighted by Gasteiger charge is 2.13. The van der Waals surface area contributed by atoms with Crippen LogP contribution in [0.2, 0.25) is 0 Å². The van der Waals surface area contributed by atoms with Gasteiger partial charge in [0.15, 0.2) is 5.82 Å². The van der Waals surface area contributed by atoms with Crippen LogP contribution < -0.4 is 0 Å². The van der Waals surface area contributed by atoms with Gasteiger partial charge < -0.3 is 4.57 Å². The molecule has 3 aromatic rings. The van der Waals surface area contributed by atoms with E-state index in [2.05, 4.69) is 29.0 Å². The zero-order valence-corrected chi connectivity index (χ0v) is 11.4. The molecule has 0 unspecified atom stereocenters. The minimum atomic E-state index is 0.659. The molecular weight excluding hydrogens is 254 g/mol. The Balaban J connectivity index is 2.26. The molecule has 0 fully saturated rings. The predicted octanol–water partition coefficient (Wildman–Crippen LogP) is 4.05. The summed E-state index contributed by atoms with van der Waals surface area (Å²) in [4.78, 5) is 5.87. The van der Waals surface area contributed by atoms with Crippen molar-refractivity contribution in [1.29, 1.82) is 5.26 Å². The molecule has 0 aliphatic heterocycles. The van der Waals surface area contributed by atoms with Gasteiger partial charge >= 0.3 is 0 Å². The van der Waals surface area contributed by atoms with E-state index in [1.807, 2.05) is 24.3 Å². The lowest BCUT2D eigenvalue weighted by Gasteiger charge is -2.05. The van der Waals surface area contributed by atoms with Gasteiger partial charge in [-0.05, 0) is 36.1 Å². The predicted molar refractivity (Wildman–Crippen MR) is 78.1 cm³/mol. The first-order valence-corrected chi connectivity index (χ1v) is 7.15. The van der Waals surface area contributed by atoms with Crippen molar-refractivity contribution in [2.45, 2.75) is 19.9 Å². The molecule has 0 atom stereocenters. The van der Waals surface area contributed by atoms with Gasteiger partial charge in [-0.3, -0.25) is 0 Å². The van der Waals surface area contributed by atoms with Gasteiger partial charge in [0.1, 0.15) is 0 Å². The fraction of sp³-hybridized carbons (Fsp3) is 0.200. The minimum Gasteiger partial charge on any atom is -0.323 e. The lowest BCUT2D eigenvalue weighted by Crippen LogP contribution is -1.98. The number of nitriles is 1. The van der Waals surface area contributed by atoms with Crippen LogP contribution in [0.25, 0.3) is 21.7 Å². The Morgan fingerprint density at radius 1 is 1.37 bits per heavy atom. The van der Waals surface area contributed by atoms with Crippen molar-refractivity contribution in [2.75, 3.05) is 0 Å². The summed E-state index contributed by atoms with van der Waals surface area (Å²) >= 11 is 1.69. The molecule has 4 heteroatoms. The molecule has 0 bridgehead atoms. The maximum Gasteiger partial charge on any atom is 0.151 e. The first-order chi connectivity index (χ1) is 9.33. The lowest BCUT2D eigenvalue weighted by atomic mass is 10.2. The zero-order chi connectivity index (χ0) is 13.2. The van der Waals surface area contributed by atoms with Crippen molar-refractivity contribution in [3.05, 3.63) is 41.3 Å². The Labute approximate surface area is 115 Å². The second-order valence-electron chi connectivity index (χ2n) is 4.38. The number of hydrogen-bond acceptors (Lipinski definition) is 3. The molecule has 19 heavy (non-hydrogen) atoms. The first-order valence-electron chi connectivity index (χ1n) is 6.27. The van der Waals surface area contributed by atoms with Crippen LogP contribution in [0.5, 0.6) is 0 Å². The highest BCUT2D eigenvalue weighted by molar-refractivity contribution is 7.13. The van der Waals surface area contributed by atoms with Crippen LogP contribution in [0, 0.1) is 11.3 Å². The van der Waals surface area contributed by atoms with Crippen molar-refractivity contribution in [3.63, 3.8) is 0 Å². The van der Waals surface area contributed by atoms with Gasteiger partial charge in [-0.25, -0.2) is 4.98 Å². The minimum absolute atomic E-state index is 0.659. The van der Waals surface area contributed by atoms with E-state index in [1.165, 1.54) is 4.88 Å². The van der Waals surface area contributed by atoms with E-state index in [0.717, 1.165) is 29.8 Å². The third kappa shape index (κ3) is 2.02. The Kier molecular flexibility index (Phi) is 3.06. The number of hydrogen-bond donors (Lipinski definition) is 0. The maximum absolute atomic E-state index is 8.98. The quantitative estimate of drug-likeness (QED) is 0.718. The molecule has 2 aromatic heterocycles. The van der Waals surface area contributed by atoms with Crippen molar-refractivity contribution in [1.82, 2.24) is 9.55 Å². The summed E-state index contributed by atoms with van der Waals surface area (Å²) in [6.45, 7) is 3.10. The van der Waals surface area contributed by atoms with Crippen LogP contribution >= 0.6 is 11.3 Å². The summed E-state index contributed by atoms with van der Waals surface area (Å²) in [6, 6.07) is 12.0. The molecular formula is C15H13N3S. The molecule has 0 saturated carbocycles. The summed E-state index contributed by atoms with van der Waals surface area (Å²) in [5.74, 6) is 1.00. The summed E-state index contributed by atoms with van der Waals surface area (Å²) in [6.07, 6.45) is 1.06. The number of imidazole rings is 1. The average Bonchev–Trinajstić information content (AvgIpc) is 3.06. The fourth-order valence-electron chi connectivity index (χ4n) is 2.24. The second kappa shape index (κ2) is 4.87. The van der Waals surface area contributed by atoms with Crippen LogP contribution in [0.4, 0.5) is 0 Å². The van der Waals surface area contributed by atoms with Crippen LogP contribution in [0.1, 0.15) is 18.9 Å². The number of fused-ring (bicyclic) bond motifs is 1. The third-order valence-electron chi connectivity index (χ3n) is 3.07. The van der Waals surface area contributed by atoms with E-state index < -0.39 is 0 Å². The van der Waals surface area contributed by atoms with Crippen molar-refractivity contribution in [3.8, 4) is 16.8 Å². The molecule has 94 valence electrons. The van der Waals surface area contributed by atoms with Crippen LogP contribution in [0.3, 0.4) is 0 Å². The monoisotopic (exact) mass is 267 g/mol. The Morgan fingerprint density at radius 3 is 2.95 bits per heavy atom. The Hall–Kier alpha value is -2.12. The molecule has 0 amide bonds. The lowest BCUT2D eigenvalue weighted by molar-refractivity contribution is 0.705. The number of nitrogens with zero attached hydrogens (tertiary/aromatic N) is 3. The van der Waals surface area contributed by atoms with Gasteiger partial charge in [0.05, 0.1) is 27.5 Å². The molecule has 2 heterocycles. The maximum atomic E-state index is 8.98. The van der Waals surface area contributed by atoms with E-state index >= 15 is 0 Å². The summed E-state index contributed by atoms with van der Waals surface area (Å²) in [5.41, 5.74) is 2.66. The summed E-state index contributed by atoms with van der Waals surface area (Å²) < 4.78 is 2.24. The Morgan fingerprint density at radius 2 is 2.26 bits per heavy atom. The topological polar surface area (TPSA) is 41.6 Å². The molecule has 1 aromatic carbocycles.